The molecule has 1 aromatic heterocycles. The normalized spacial score (nSPS) is 18.3. The second kappa shape index (κ2) is 8.52. The van der Waals surface area contributed by atoms with Crippen LogP contribution in [-0.4, -0.2) is 51.3 Å². The van der Waals surface area contributed by atoms with Crippen molar-refractivity contribution in [1.82, 2.24) is 25.2 Å². The summed E-state index contributed by atoms with van der Waals surface area (Å²) in [6, 6.07) is 7.92. The molecule has 0 unspecified atom stereocenters. The van der Waals surface area contributed by atoms with Crippen molar-refractivity contribution in [3.8, 4) is 0 Å². The average molecular weight is 382 g/mol. The van der Waals surface area contributed by atoms with Crippen LogP contribution in [0.4, 0.5) is 5.69 Å². The summed E-state index contributed by atoms with van der Waals surface area (Å²) in [5.74, 6) is -0.0680. The predicted octanol–water partition coefficient (Wildman–Crippen LogP) is 1.97. The molecule has 2 saturated heterocycles. The summed E-state index contributed by atoms with van der Waals surface area (Å²) in [6.07, 6.45) is 6.35. The summed E-state index contributed by atoms with van der Waals surface area (Å²) < 4.78 is 1.80. The maximum atomic E-state index is 12.6. The summed E-state index contributed by atoms with van der Waals surface area (Å²) >= 11 is 0. The number of hydrogen-bond donors (Lipinski definition) is 2. The Morgan fingerprint density at radius 3 is 2.93 bits per heavy atom. The molecule has 3 heterocycles. The Kier molecular flexibility index (Phi) is 5.66. The van der Waals surface area contributed by atoms with Crippen LogP contribution in [-0.2, 0) is 11.3 Å². The first-order chi connectivity index (χ1) is 13.7. The van der Waals surface area contributed by atoms with E-state index < -0.39 is 0 Å². The smallest absolute Gasteiger partial charge is 0.277 e. The van der Waals surface area contributed by atoms with E-state index in [-0.39, 0.29) is 11.8 Å². The number of amides is 2. The standard InChI is InChI=1S/C20H26N6O2/c27-19-6-1-2-11-25(19)13-15-4-3-5-16(12-15)22-20(28)18-14-26(24-23-18)17-7-9-21-10-8-17/h3-5,12,14,17,21H,1-2,6-11,13H2,(H,22,28). The fraction of sp³-hybridized carbons (Fsp3) is 0.500. The van der Waals surface area contributed by atoms with E-state index in [4.69, 9.17) is 0 Å². The molecule has 0 atom stereocenters. The van der Waals surface area contributed by atoms with Crippen molar-refractivity contribution in [2.75, 3.05) is 25.0 Å². The number of nitrogens with zero attached hydrogens (tertiary/aromatic N) is 4. The number of benzene rings is 1. The van der Waals surface area contributed by atoms with E-state index >= 15 is 0 Å². The van der Waals surface area contributed by atoms with Crippen molar-refractivity contribution < 1.29 is 9.59 Å². The summed E-state index contributed by atoms with van der Waals surface area (Å²) in [5.41, 5.74) is 2.02. The topological polar surface area (TPSA) is 92.2 Å². The Hall–Kier alpha value is -2.74. The van der Waals surface area contributed by atoms with Gasteiger partial charge >= 0.3 is 0 Å². The van der Waals surface area contributed by atoms with E-state index in [9.17, 15) is 9.59 Å². The van der Waals surface area contributed by atoms with Crippen LogP contribution >= 0.6 is 0 Å². The van der Waals surface area contributed by atoms with Gasteiger partial charge in [-0.25, -0.2) is 4.68 Å². The van der Waals surface area contributed by atoms with Gasteiger partial charge in [0.25, 0.3) is 5.91 Å². The highest BCUT2D eigenvalue weighted by atomic mass is 16.2. The zero-order valence-corrected chi connectivity index (χ0v) is 15.9. The minimum absolute atomic E-state index is 0.204. The van der Waals surface area contributed by atoms with Gasteiger partial charge in [0.15, 0.2) is 5.69 Å². The molecule has 2 aromatic rings. The van der Waals surface area contributed by atoms with E-state index in [1.807, 2.05) is 29.2 Å². The van der Waals surface area contributed by atoms with E-state index in [1.165, 1.54) is 0 Å². The molecule has 1 aromatic carbocycles. The number of carbonyl (C=O) groups excluding carboxylic acids is 2. The number of likely N-dealkylation sites (tertiary alicyclic amines) is 1. The van der Waals surface area contributed by atoms with Crippen molar-refractivity contribution in [3.63, 3.8) is 0 Å². The van der Waals surface area contributed by atoms with Gasteiger partial charge in [-0.15, -0.1) is 5.10 Å². The third-order valence-electron chi connectivity index (χ3n) is 5.41. The number of anilines is 1. The molecule has 28 heavy (non-hydrogen) atoms. The highest BCUT2D eigenvalue weighted by Gasteiger charge is 2.20. The molecule has 2 fully saturated rings. The first kappa shape index (κ1) is 18.6. The van der Waals surface area contributed by atoms with Gasteiger partial charge < -0.3 is 15.5 Å². The maximum absolute atomic E-state index is 12.6. The molecule has 0 bridgehead atoms. The number of piperidine rings is 2. The molecular formula is C20H26N6O2. The SMILES string of the molecule is O=C(Nc1cccc(CN2CCCCC2=O)c1)c1cn(C2CCNCC2)nn1. The summed E-state index contributed by atoms with van der Waals surface area (Å²) in [5, 5.41) is 14.4. The van der Waals surface area contributed by atoms with Crippen molar-refractivity contribution in [1.29, 1.82) is 0 Å². The first-order valence-electron chi connectivity index (χ1n) is 10.00. The lowest BCUT2D eigenvalue weighted by Crippen LogP contribution is -2.34. The maximum Gasteiger partial charge on any atom is 0.277 e. The van der Waals surface area contributed by atoms with Crippen LogP contribution < -0.4 is 10.6 Å². The molecule has 0 aliphatic carbocycles. The van der Waals surface area contributed by atoms with Crippen molar-refractivity contribution in [3.05, 3.63) is 41.7 Å². The number of nitrogens with one attached hydrogen (secondary N) is 2. The molecule has 0 spiro atoms. The molecule has 148 valence electrons. The van der Waals surface area contributed by atoms with Crippen molar-refractivity contribution >= 4 is 17.5 Å². The average Bonchev–Trinajstić information content (AvgIpc) is 3.21. The quantitative estimate of drug-likeness (QED) is 0.825. The fourth-order valence-corrected chi connectivity index (χ4v) is 3.82. The van der Waals surface area contributed by atoms with Crippen LogP contribution in [0.1, 0.15) is 54.2 Å². The van der Waals surface area contributed by atoms with Crippen LogP contribution in [0.2, 0.25) is 0 Å². The molecule has 4 rings (SSSR count). The van der Waals surface area contributed by atoms with Crippen LogP contribution in [0, 0.1) is 0 Å². The minimum Gasteiger partial charge on any atom is -0.338 e. The lowest BCUT2D eigenvalue weighted by atomic mass is 10.1. The molecule has 8 heteroatoms. The monoisotopic (exact) mass is 382 g/mol. The fourth-order valence-electron chi connectivity index (χ4n) is 3.82. The van der Waals surface area contributed by atoms with Gasteiger partial charge in [-0.2, -0.15) is 0 Å². The lowest BCUT2D eigenvalue weighted by molar-refractivity contribution is -0.133. The second-order valence-corrected chi connectivity index (χ2v) is 7.49. The predicted molar refractivity (Wildman–Crippen MR) is 105 cm³/mol. The molecule has 2 aliphatic heterocycles. The molecule has 0 radical (unpaired) electrons. The van der Waals surface area contributed by atoms with Gasteiger partial charge in [-0.3, -0.25) is 9.59 Å². The Bertz CT molecular complexity index is 843. The van der Waals surface area contributed by atoms with E-state index in [0.717, 1.165) is 50.9 Å². The molecule has 2 amide bonds. The Morgan fingerprint density at radius 1 is 1.25 bits per heavy atom. The third kappa shape index (κ3) is 4.39. The highest BCUT2D eigenvalue weighted by molar-refractivity contribution is 6.02. The summed E-state index contributed by atoms with van der Waals surface area (Å²) in [4.78, 5) is 26.5. The first-order valence-corrected chi connectivity index (χ1v) is 10.00. The van der Waals surface area contributed by atoms with Crippen LogP contribution in [0.25, 0.3) is 0 Å². The van der Waals surface area contributed by atoms with E-state index in [1.54, 1.807) is 10.9 Å². The van der Waals surface area contributed by atoms with Crippen LogP contribution in [0.5, 0.6) is 0 Å². The lowest BCUT2D eigenvalue weighted by Gasteiger charge is -2.26. The van der Waals surface area contributed by atoms with Gasteiger partial charge in [-0.05, 0) is 56.5 Å². The Balaban J connectivity index is 1.39. The van der Waals surface area contributed by atoms with Gasteiger partial charge in [0.05, 0.1) is 12.2 Å². The van der Waals surface area contributed by atoms with E-state index in [0.29, 0.717) is 30.4 Å². The molecule has 2 aliphatic rings. The van der Waals surface area contributed by atoms with E-state index in [2.05, 4.69) is 20.9 Å². The molecule has 0 saturated carbocycles. The van der Waals surface area contributed by atoms with Gasteiger partial charge in [0.2, 0.25) is 5.91 Å². The largest absolute Gasteiger partial charge is 0.338 e. The molecule has 2 N–H and O–H groups in total. The van der Waals surface area contributed by atoms with Gasteiger partial charge in [0, 0.05) is 25.2 Å². The van der Waals surface area contributed by atoms with Crippen molar-refractivity contribution in [2.45, 2.75) is 44.7 Å². The Labute approximate surface area is 164 Å². The summed E-state index contributed by atoms with van der Waals surface area (Å²) in [6.45, 7) is 3.29. The zero-order chi connectivity index (χ0) is 19.3. The van der Waals surface area contributed by atoms with Crippen LogP contribution in [0.3, 0.4) is 0 Å². The van der Waals surface area contributed by atoms with Crippen LogP contribution in [0.15, 0.2) is 30.5 Å². The number of rotatable bonds is 5. The Morgan fingerprint density at radius 2 is 2.11 bits per heavy atom. The second-order valence-electron chi connectivity index (χ2n) is 7.49. The molecule has 8 nitrogen and oxygen atoms in total. The molecular weight excluding hydrogens is 356 g/mol. The minimum atomic E-state index is -0.272. The summed E-state index contributed by atoms with van der Waals surface area (Å²) in [7, 11) is 0. The number of carbonyl (C=O) groups is 2. The highest BCUT2D eigenvalue weighted by Crippen LogP contribution is 2.19. The number of hydrogen-bond acceptors (Lipinski definition) is 5. The van der Waals surface area contributed by atoms with Gasteiger partial charge in [0.1, 0.15) is 0 Å². The van der Waals surface area contributed by atoms with Crippen molar-refractivity contribution in [2.24, 2.45) is 0 Å². The van der Waals surface area contributed by atoms with Gasteiger partial charge in [-0.1, -0.05) is 17.3 Å². The zero-order valence-electron chi connectivity index (χ0n) is 15.9. The third-order valence-corrected chi connectivity index (χ3v) is 5.41. The number of aromatic nitrogens is 3.